The highest BCUT2D eigenvalue weighted by Crippen LogP contribution is 2.21. The Hall–Kier alpha value is -1.01. The number of hydrogen-bond acceptors (Lipinski definition) is 4. The van der Waals surface area contributed by atoms with Crippen molar-refractivity contribution in [1.82, 2.24) is 9.97 Å². The van der Waals surface area contributed by atoms with Gasteiger partial charge in [0.25, 0.3) is 0 Å². The molecule has 0 aliphatic heterocycles. The standard InChI is InChI=1S/C12H19BrN4O/c1-12(2,3)5-8(14)4-11(18)17-10-7-15-9(13)6-16-10/h6-8H,4-5,14H2,1-3H3,(H,16,17,18). The Morgan fingerprint density at radius 1 is 1.44 bits per heavy atom. The first-order chi connectivity index (χ1) is 8.26. The van der Waals surface area contributed by atoms with Crippen molar-refractivity contribution in [2.75, 3.05) is 5.32 Å². The summed E-state index contributed by atoms with van der Waals surface area (Å²) in [5.74, 6) is 0.300. The van der Waals surface area contributed by atoms with E-state index in [1.54, 1.807) is 0 Å². The van der Waals surface area contributed by atoms with Crippen molar-refractivity contribution >= 4 is 27.7 Å². The summed E-state index contributed by atoms with van der Waals surface area (Å²) in [7, 11) is 0. The normalized spacial score (nSPS) is 13.2. The molecule has 0 saturated heterocycles. The molecule has 0 bridgehead atoms. The fraction of sp³-hybridized carbons (Fsp3) is 0.583. The number of rotatable bonds is 4. The highest BCUT2D eigenvalue weighted by Gasteiger charge is 2.18. The smallest absolute Gasteiger partial charge is 0.227 e. The zero-order chi connectivity index (χ0) is 13.8. The van der Waals surface area contributed by atoms with Crippen molar-refractivity contribution in [2.45, 2.75) is 39.7 Å². The van der Waals surface area contributed by atoms with Gasteiger partial charge in [-0.25, -0.2) is 9.97 Å². The van der Waals surface area contributed by atoms with Crippen LogP contribution >= 0.6 is 15.9 Å². The number of aromatic nitrogens is 2. The maximum atomic E-state index is 11.7. The van der Waals surface area contributed by atoms with Crippen molar-refractivity contribution in [3.63, 3.8) is 0 Å². The molecule has 100 valence electrons. The third-order valence-corrected chi connectivity index (χ3v) is 2.62. The summed E-state index contributed by atoms with van der Waals surface area (Å²) in [5.41, 5.74) is 6.06. The zero-order valence-electron chi connectivity index (χ0n) is 10.9. The van der Waals surface area contributed by atoms with E-state index < -0.39 is 0 Å². The van der Waals surface area contributed by atoms with E-state index in [0.717, 1.165) is 6.42 Å². The van der Waals surface area contributed by atoms with Gasteiger partial charge in [0.05, 0.1) is 12.4 Å². The molecule has 0 fully saturated rings. The molecular weight excluding hydrogens is 296 g/mol. The number of nitrogens with two attached hydrogens (primary N) is 1. The number of nitrogens with one attached hydrogen (secondary N) is 1. The lowest BCUT2D eigenvalue weighted by Gasteiger charge is -2.22. The summed E-state index contributed by atoms with van der Waals surface area (Å²) in [4.78, 5) is 19.7. The zero-order valence-corrected chi connectivity index (χ0v) is 12.5. The Morgan fingerprint density at radius 3 is 2.61 bits per heavy atom. The van der Waals surface area contributed by atoms with Gasteiger partial charge in [-0.2, -0.15) is 0 Å². The SMILES string of the molecule is CC(C)(C)CC(N)CC(=O)Nc1cnc(Br)cn1. The van der Waals surface area contributed by atoms with Crippen molar-refractivity contribution in [2.24, 2.45) is 11.1 Å². The van der Waals surface area contributed by atoms with Gasteiger partial charge in [-0.05, 0) is 27.8 Å². The van der Waals surface area contributed by atoms with E-state index >= 15 is 0 Å². The Labute approximate surface area is 116 Å². The predicted octanol–water partition coefficient (Wildman–Crippen LogP) is 2.33. The van der Waals surface area contributed by atoms with Crippen LogP contribution in [0.4, 0.5) is 5.82 Å². The molecule has 3 N–H and O–H groups in total. The highest BCUT2D eigenvalue weighted by molar-refractivity contribution is 9.10. The first kappa shape index (κ1) is 15.0. The van der Waals surface area contributed by atoms with E-state index in [1.165, 1.54) is 12.4 Å². The average Bonchev–Trinajstić information content (AvgIpc) is 2.18. The van der Waals surface area contributed by atoms with Crippen LogP contribution in [0.5, 0.6) is 0 Å². The van der Waals surface area contributed by atoms with Gasteiger partial charge in [0.1, 0.15) is 4.60 Å². The number of amides is 1. The van der Waals surface area contributed by atoms with Crippen LogP contribution in [-0.4, -0.2) is 21.9 Å². The summed E-state index contributed by atoms with van der Waals surface area (Å²) in [6.45, 7) is 6.31. The first-order valence-electron chi connectivity index (χ1n) is 5.79. The molecule has 1 amide bonds. The second-order valence-corrected chi connectivity index (χ2v) is 6.31. The summed E-state index contributed by atoms with van der Waals surface area (Å²) in [6.07, 6.45) is 4.11. The quantitative estimate of drug-likeness (QED) is 0.893. The molecular formula is C12H19BrN4O. The minimum Gasteiger partial charge on any atom is -0.327 e. The van der Waals surface area contributed by atoms with Gasteiger partial charge in [-0.1, -0.05) is 20.8 Å². The largest absolute Gasteiger partial charge is 0.327 e. The third-order valence-electron chi connectivity index (χ3n) is 2.21. The summed E-state index contributed by atoms with van der Waals surface area (Å²) >= 11 is 3.18. The molecule has 0 aromatic carbocycles. The van der Waals surface area contributed by atoms with Crippen LogP contribution in [0.25, 0.3) is 0 Å². The topological polar surface area (TPSA) is 80.9 Å². The summed E-state index contributed by atoms with van der Waals surface area (Å²) < 4.78 is 0.630. The lowest BCUT2D eigenvalue weighted by Crippen LogP contribution is -2.31. The second kappa shape index (κ2) is 6.24. The number of halogens is 1. The molecule has 1 unspecified atom stereocenters. The lowest BCUT2D eigenvalue weighted by molar-refractivity contribution is -0.116. The van der Waals surface area contributed by atoms with Crippen LogP contribution in [0.1, 0.15) is 33.6 Å². The fourth-order valence-corrected chi connectivity index (χ4v) is 1.87. The van der Waals surface area contributed by atoms with Crippen LogP contribution in [0.2, 0.25) is 0 Å². The van der Waals surface area contributed by atoms with E-state index in [4.69, 9.17) is 5.73 Å². The lowest BCUT2D eigenvalue weighted by atomic mass is 9.87. The second-order valence-electron chi connectivity index (χ2n) is 5.50. The molecule has 18 heavy (non-hydrogen) atoms. The molecule has 1 aromatic rings. The molecule has 1 rings (SSSR count). The predicted molar refractivity (Wildman–Crippen MR) is 75.0 cm³/mol. The monoisotopic (exact) mass is 314 g/mol. The Morgan fingerprint density at radius 2 is 2.11 bits per heavy atom. The number of carbonyl (C=O) groups is 1. The van der Waals surface area contributed by atoms with Crippen LogP contribution < -0.4 is 11.1 Å². The molecule has 1 aromatic heterocycles. The molecule has 5 nitrogen and oxygen atoms in total. The molecule has 0 radical (unpaired) electrons. The number of nitrogens with zero attached hydrogens (tertiary/aromatic N) is 2. The number of hydrogen-bond donors (Lipinski definition) is 2. The van der Waals surface area contributed by atoms with E-state index in [0.29, 0.717) is 10.4 Å². The molecule has 1 atom stereocenters. The van der Waals surface area contributed by atoms with Gasteiger partial charge in [-0.15, -0.1) is 0 Å². The van der Waals surface area contributed by atoms with Crippen LogP contribution in [0, 0.1) is 5.41 Å². The molecule has 0 aliphatic carbocycles. The minimum absolute atomic E-state index is 0.122. The maximum absolute atomic E-state index is 11.7. The van der Waals surface area contributed by atoms with Gasteiger partial charge in [0.15, 0.2) is 5.82 Å². The molecule has 0 aliphatic rings. The van der Waals surface area contributed by atoms with Crippen LogP contribution in [0.3, 0.4) is 0 Å². The fourth-order valence-electron chi connectivity index (χ4n) is 1.67. The minimum atomic E-state index is -0.145. The summed E-state index contributed by atoms with van der Waals surface area (Å²) in [6, 6.07) is -0.145. The maximum Gasteiger partial charge on any atom is 0.227 e. The van der Waals surface area contributed by atoms with Gasteiger partial charge >= 0.3 is 0 Å². The average molecular weight is 315 g/mol. The molecule has 0 spiro atoms. The van der Waals surface area contributed by atoms with Gasteiger partial charge in [0, 0.05) is 12.5 Å². The van der Waals surface area contributed by atoms with Crippen molar-refractivity contribution in [1.29, 1.82) is 0 Å². The van der Waals surface area contributed by atoms with E-state index in [1.807, 2.05) is 0 Å². The third kappa shape index (κ3) is 6.07. The summed E-state index contributed by atoms with van der Waals surface area (Å²) in [5, 5.41) is 2.67. The van der Waals surface area contributed by atoms with Crippen LogP contribution in [-0.2, 0) is 4.79 Å². The van der Waals surface area contributed by atoms with Crippen molar-refractivity contribution in [3.05, 3.63) is 17.0 Å². The van der Waals surface area contributed by atoms with Gasteiger partial charge in [-0.3, -0.25) is 4.79 Å². The van der Waals surface area contributed by atoms with E-state index in [9.17, 15) is 4.79 Å². The Balaban J connectivity index is 2.44. The van der Waals surface area contributed by atoms with Gasteiger partial charge < -0.3 is 11.1 Å². The molecule has 1 heterocycles. The van der Waals surface area contributed by atoms with Crippen molar-refractivity contribution in [3.8, 4) is 0 Å². The van der Waals surface area contributed by atoms with E-state index in [2.05, 4.69) is 52.0 Å². The van der Waals surface area contributed by atoms with E-state index in [-0.39, 0.29) is 23.8 Å². The Kier molecular flexibility index (Phi) is 5.22. The highest BCUT2D eigenvalue weighted by atomic mass is 79.9. The van der Waals surface area contributed by atoms with Crippen molar-refractivity contribution < 1.29 is 4.79 Å². The number of anilines is 1. The van der Waals surface area contributed by atoms with Crippen LogP contribution in [0.15, 0.2) is 17.0 Å². The van der Waals surface area contributed by atoms with Gasteiger partial charge in [0.2, 0.25) is 5.91 Å². The Bertz CT molecular complexity index is 400. The molecule has 6 heteroatoms. The molecule has 0 saturated carbocycles. The number of carbonyl (C=O) groups excluding carboxylic acids is 1. The first-order valence-corrected chi connectivity index (χ1v) is 6.58.